The maximum absolute atomic E-state index is 13.9. The van der Waals surface area contributed by atoms with Gasteiger partial charge in [0.25, 0.3) is 15.8 Å². The molecule has 0 atom stereocenters. The highest BCUT2D eigenvalue weighted by molar-refractivity contribution is 9.09. The highest BCUT2D eigenvalue weighted by atomic mass is 79.9. The zero-order valence-corrected chi connectivity index (χ0v) is 22.5. The minimum atomic E-state index is -3.99. The Labute approximate surface area is 210 Å². The zero-order valence-electron chi connectivity index (χ0n) is 19.3. The summed E-state index contributed by atoms with van der Waals surface area (Å²) in [5, 5.41) is 11.3. The maximum Gasteiger partial charge on any atom is 0.272 e. The molecule has 0 amide bonds. The second-order valence-corrected chi connectivity index (χ2v) is 12.8. The first-order valence-electron chi connectivity index (χ1n) is 10.8. The van der Waals surface area contributed by atoms with Gasteiger partial charge in [0.05, 0.1) is 39.2 Å². The van der Waals surface area contributed by atoms with Crippen molar-refractivity contribution in [2.45, 2.75) is 35.8 Å². The molecule has 190 valence electrons. The third kappa shape index (κ3) is 7.64. The van der Waals surface area contributed by atoms with Gasteiger partial charge in [-0.2, -0.15) is 8.42 Å². The number of nitro groups is 1. The maximum atomic E-state index is 13.9. The summed E-state index contributed by atoms with van der Waals surface area (Å²) in [6.07, 6.45) is 8.80. The van der Waals surface area contributed by atoms with Crippen molar-refractivity contribution in [3.05, 3.63) is 27.8 Å². The third-order valence-electron chi connectivity index (χ3n) is 5.63. The molecule has 1 aromatic carbocycles. The van der Waals surface area contributed by atoms with Crippen LogP contribution in [0, 0.1) is 22.5 Å². The van der Waals surface area contributed by atoms with Crippen LogP contribution in [0.25, 0.3) is 0 Å². The standard InChI is InChI=1S/C21H30BrN3O7S2/c1-4-17-15-18(25(26)27)16-20(21(17)24(12-9-22)13-14-32-33(3,28)29)34(30,31)19-7-5-10-23(2)11-6-8-19/h1,15-16,19H,5-14H2,2-3H3. The number of terminal acetylenes is 1. The number of nitrogens with zero attached hydrogens (tertiary/aromatic N) is 3. The molecule has 0 unspecified atom stereocenters. The molecule has 0 spiro atoms. The summed E-state index contributed by atoms with van der Waals surface area (Å²) in [5.41, 5.74) is -0.200. The first-order valence-corrected chi connectivity index (χ1v) is 15.3. The number of benzene rings is 1. The van der Waals surface area contributed by atoms with Crippen LogP contribution < -0.4 is 4.90 Å². The van der Waals surface area contributed by atoms with Gasteiger partial charge in [0, 0.05) is 30.6 Å². The lowest BCUT2D eigenvalue weighted by Gasteiger charge is -2.30. The van der Waals surface area contributed by atoms with E-state index in [2.05, 4.69) is 26.8 Å². The molecule has 13 heteroatoms. The minimum absolute atomic E-state index is 0.0170. The van der Waals surface area contributed by atoms with Crippen LogP contribution in [0.2, 0.25) is 0 Å². The van der Waals surface area contributed by atoms with Crippen molar-refractivity contribution in [2.75, 3.05) is 56.3 Å². The van der Waals surface area contributed by atoms with Crippen LogP contribution in [0.15, 0.2) is 17.0 Å². The Morgan fingerprint density at radius 3 is 2.35 bits per heavy atom. The molecule has 1 fully saturated rings. The quantitative estimate of drug-likeness (QED) is 0.135. The summed E-state index contributed by atoms with van der Waals surface area (Å²) < 4.78 is 55.4. The van der Waals surface area contributed by atoms with E-state index in [1.807, 2.05) is 7.05 Å². The van der Waals surface area contributed by atoms with Crippen molar-refractivity contribution in [1.82, 2.24) is 4.90 Å². The van der Waals surface area contributed by atoms with Crippen molar-refractivity contribution < 1.29 is 25.9 Å². The Morgan fingerprint density at radius 2 is 1.85 bits per heavy atom. The van der Waals surface area contributed by atoms with E-state index in [-0.39, 0.29) is 35.8 Å². The predicted octanol–water partition coefficient (Wildman–Crippen LogP) is 2.40. The number of rotatable bonds is 10. The number of anilines is 1. The topological polar surface area (TPSA) is 127 Å². The Balaban J connectivity index is 2.62. The van der Waals surface area contributed by atoms with E-state index in [0.717, 1.165) is 25.4 Å². The number of non-ortho nitro benzene ring substituents is 1. The summed E-state index contributed by atoms with van der Waals surface area (Å²) in [5.74, 6) is 2.39. The number of sulfone groups is 1. The predicted molar refractivity (Wildman–Crippen MR) is 135 cm³/mol. The van der Waals surface area contributed by atoms with Gasteiger partial charge in [0.1, 0.15) is 0 Å². The number of hydrogen-bond acceptors (Lipinski definition) is 9. The van der Waals surface area contributed by atoms with Gasteiger partial charge in [-0.1, -0.05) is 21.9 Å². The molecule has 0 aromatic heterocycles. The van der Waals surface area contributed by atoms with E-state index in [9.17, 15) is 26.9 Å². The Bertz CT molecular complexity index is 1120. The lowest BCUT2D eigenvalue weighted by atomic mass is 10.1. The molecule has 1 aliphatic rings. The molecule has 34 heavy (non-hydrogen) atoms. The minimum Gasteiger partial charge on any atom is -0.366 e. The Morgan fingerprint density at radius 1 is 1.24 bits per heavy atom. The van der Waals surface area contributed by atoms with E-state index >= 15 is 0 Å². The monoisotopic (exact) mass is 579 g/mol. The van der Waals surface area contributed by atoms with Crippen LogP contribution in [0.4, 0.5) is 11.4 Å². The highest BCUT2D eigenvalue weighted by Crippen LogP contribution is 2.37. The molecule has 1 saturated heterocycles. The van der Waals surface area contributed by atoms with Gasteiger partial charge in [-0.05, 0) is 45.8 Å². The van der Waals surface area contributed by atoms with Gasteiger partial charge < -0.3 is 9.80 Å². The lowest BCUT2D eigenvalue weighted by Crippen LogP contribution is -2.34. The molecular formula is C21H30BrN3O7S2. The summed E-state index contributed by atoms with van der Waals surface area (Å²) in [7, 11) is -5.71. The average molecular weight is 581 g/mol. The Hall–Kier alpha value is -1.72. The third-order valence-corrected chi connectivity index (χ3v) is 8.86. The summed E-state index contributed by atoms with van der Waals surface area (Å²) in [4.78, 5) is 14.5. The van der Waals surface area contributed by atoms with Crippen LogP contribution >= 0.6 is 15.9 Å². The lowest BCUT2D eigenvalue weighted by molar-refractivity contribution is -0.385. The zero-order chi connectivity index (χ0) is 25.5. The number of halogens is 1. The SMILES string of the molecule is C#Cc1cc([N+](=O)[O-])cc(S(=O)(=O)C2CCCN(C)CCC2)c1N(CCBr)CCOS(C)(=O)=O. The van der Waals surface area contributed by atoms with Crippen molar-refractivity contribution >= 4 is 47.3 Å². The number of nitro benzene ring substituents is 1. The molecule has 1 aromatic rings. The molecule has 2 rings (SSSR count). The number of hydrogen-bond donors (Lipinski definition) is 0. The molecule has 0 radical (unpaired) electrons. The van der Waals surface area contributed by atoms with E-state index in [0.29, 0.717) is 31.0 Å². The average Bonchev–Trinajstić information content (AvgIpc) is 2.73. The largest absolute Gasteiger partial charge is 0.366 e. The first kappa shape index (κ1) is 28.5. The molecule has 1 aliphatic heterocycles. The number of likely N-dealkylation sites (tertiary alicyclic amines) is 1. The van der Waals surface area contributed by atoms with Crippen LogP contribution in [0.5, 0.6) is 0 Å². The van der Waals surface area contributed by atoms with Crippen LogP contribution in [0.3, 0.4) is 0 Å². The summed E-state index contributed by atoms with van der Waals surface area (Å²) >= 11 is 3.32. The van der Waals surface area contributed by atoms with E-state index < -0.39 is 35.8 Å². The van der Waals surface area contributed by atoms with Crippen molar-refractivity contribution in [3.8, 4) is 12.3 Å². The van der Waals surface area contributed by atoms with Gasteiger partial charge in [-0.25, -0.2) is 8.42 Å². The van der Waals surface area contributed by atoms with Crippen molar-refractivity contribution in [1.29, 1.82) is 0 Å². The van der Waals surface area contributed by atoms with Gasteiger partial charge in [0.15, 0.2) is 9.84 Å². The van der Waals surface area contributed by atoms with Crippen LogP contribution in [-0.2, 0) is 24.1 Å². The van der Waals surface area contributed by atoms with Crippen LogP contribution in [0.1, 0.15) is 31.2 Å². The van der Waals surface area contributed by atoms with Gasteiger partial charge in [-0.15, -0.1) is 6.42 Å². The molecule has 0 aliphatic carbocycles. The van der Waals surface area contributed by atoms with Crippen molar-refractivity contribution in [3.63, 3.8) is 0 Å². The fraction of sp³-hybridized carbons (Fsp3) is 0.619. The molecule has 0 N–H and O–H groups in total. The second-order valence-electron chi connectivity index (χ2n) is 8.20. The van der Waals surface area contributed by atoms with Gasteiger partial charge in [-0.3, -0.25) is 14.3 Å². The summed E-state index contributed by atoms with van der Waals surface area (Å²) in [6, 6.07) is 2.23. The first-order chi connectivity index (χ1) is 15.9. The molecular weight excluding hydrogens is 550 g/mol. The fourth-order valence-corrected chi connectivity index (χ4v) is 6.92. The van der Waals surface area contributed by atoms with Crippen LogP contribution in [-0.4, -0.2) is 83.3 Å². The van der Waals surface area contributed by atoms with Crippen molar-refractivity contribution in [2.24, 2.45) is 0 Å². The second kappa shape index (κ2) is 12.3. The molecule has 0 bridgehead atoms. The molecule has 1 heterocycles. The van der Waals surface area contributed by atoms with E-state index in [1.165, 1.54) is 6.07 Å². The smallest absolute Gasteiger partial charge is 0.272 e. The molecule has 10 nitrogen and oxygen atoms in total. The number of alkyl halides is 1. The molecule has 0 saturated carbocycles. The van der Waals surface area contributed by atoms with E-state index in [1.54, 1.807) is 4.90 Å². The van der Waals surface area contributed by atoms with Gasteiger partial charge >= 0.3 is 0 Å². The Kier molecular flexibility index (Phi) is 10.3. The summed E-state index contributed by atoms with van der Waals surface area (Å²) in [6.45, 7) is 1.59. The fourth-order valence-electron chi connectivity index (χ4n) is 4.01. The van der Waals surface area contributed by atoms with E-state index in [4.69, 9.17) is 10.6 Å². The van der Waals surface area contributed by atoms with Gasteiger partial charge in [0.2, 0.25) is 0 Å². The highest BCUT2D eigenvalue weighted by Gasteiger charge is 2.34. The normalized spacial score (nSPS) is 16.4.